The van der Waals surface area contributed by atoms with E-state index in [4.69, 9.17) is 11.6 Å². The monoisotopic (exact) mass is 217 g/mol. The quantitative estimate of drug-likeness (QED) is 0.838. The number of hydrogen-bond donors (Lipinski definition) is 1. The van der Waals surface area contributed by atoms with E-state index in [0.29, 0.717) is 17.1 Å². The highest BCUT2D eigenvalue weighted by Crippen LogP contribution is 2.20. The molecule has 0 fully saturated rings. The fourth-order valence-electron chi connectivity index (χ4n) is 1.22. The topological polar surface area (TPSA) is 23.5 Å². The number of halogens is 2. The molecule has 1 unspecified atom stereocenters. The number of hydrogen-bond acceptors (Lipinski definition) is 2. The van der Waals surface area contributed by atoms with Crippen molar-refractivity contribution in [2.45, 2.75) is 6.10 Å². The average molecular weight is 218 g/mol. The van der Waals surface area contributed by atoms with Crippen LogP contribution in [0.25, 0.3) is 0 Å². The first-order valence-corrected chi connectivity index (χ1v) is 4.65. The minimum atomic E-state index is -0.710. The maximum absolute atomic E-state index is 12.9. The summed E-state index contributed by atoms with van der Waals surface area (Å²) in [4.78, 5) is 1.82. The van der Waals surface area contributed by atoms with Gasteiger partial charge in [0, 0.05) is 11.6 Å². The van der Waals surface area contributed by atoms with Crippen LogP contribution in [0.2, 0.25) is 5.02 Å². The minimum Gasteiger partial charge on any atom is -0.387 e. The van der Waals surface area contributed by atoms with Crippen LogP contribution in [0.15, 0.2) is 18.2 Å². The number of benzene rings is 1. The third kappa shape index (κ3) is 3.25. The molecule has 4 heteroatoms. The van der Waals surface area contributed by atoms with Crippen LogP contribution in [-0.4, -0.2) is 30.6 Å². The lowest BCUT2D eigenvalue weighted by molar-refractivity contribution is 0.138. The zero-order valence-corrected chi connectivity index (χ0v) is 8.92. The first-order valence-electron chi connectivity index (χ1n) is 4.28. The zero-order valence-electron chi connectivity index (χ0n) is 8.17. The van der Waals surface area contributed by atoms with Crippen molar-refractivity contribution < 1.29 is 9.50 Å². The van der Waals surface area contributed by atoms with Crippen LogP contribution >= 0.6 is 11.6 Å². The van der Waals surface area contributed by atoms with Crippen molar-refractivity contribution in [2.24, 2.45) is 0 Å². The summed E-state index contributed by atoms with van der Waals surface area (Å²) in [5, 5.41) is 9.98. The molecule has 0 saturated heterocycles. The SMILES string of the molecule is CN(C)CC(O)c1cc(F)cc(Cl)c1. The molecule has 0 bridgehead atoms. The molecule has 0 aliphatic heterocycles. The highest BCUT2D eigenvalue weighted by atomic mass is 35.5. The Bertz CT molecular complexity index is 297. The first kappa shape index (κ1) is 11.4. The van der Waals surface area contributed by atoms with E-state index in [-0.39, 0.29) is 0 Å². The van der Waals surface area contributed by atoms with Gasteiger partial charge in [0.2, 0.25) is 0 Å². The second-order valence-electron chi connectivity index (χ2n) is 3.48. The van der Waals surface area contributed by atoms with Crippen molar-refractivity contribution in [1.29, 1.82) is 0 Å². The Labute approximate surface area is 87.9 Å². The third-order valence-corrected chi connectivity index (χ3v) is 2.03. The van der Waals surface area contributed by atoms with Gasteiger partial charge in [0.05, 0.1) is 6.10 Å². The molecule has 0 heterocycles. The van der Waals surface area contributed by atoms with Gasteiger partial charge < -0.3 is 10.0 Å². The van der Waals surface area contributed by atoms with Crippen molar-refractivity contribution in [1.82, 2.24) is 4.90 Å². The maximum Gasteiger partial charge on any atom is 0.125 e. The molecule has 0 aliphatic carbocycles. The second-order valence-corrected chi connectivity index (χ2v) is 3.92. The van der Waals surface area contributed by atoms with Crippen molar-refractivity contribution in [2.75, 3.05) is 20.6 Å². The molecule has 1 N–H and O–H groups in total. The fraction of sp³-hybridized carbons (Fsp3) is 0.400. The lowest BCUT2D eigenvalue weighted by Gasteiger charge is -2.16. The van der Waals surface area contributed by atoms with E-state index in [9.17, 15) is 9.50 Å². The molecule has 2 nitrogen and oxygen atoms in total. The first-order chi connectivity index (χ1) is 6.49. The molecule has 1 aromatic rings. The third-order valence-electron chi connectivity index (χ3n) is 1.81. The molecule has 78 valence electrons. The summed E-state index contributed by atoms with van der Waals surface area (Å²) >= 11 is 5.67. The van der Waals surface area contributed by atoms with Crippen molar-refractivity contribution in [3.8, 4) is 0 Å². The van der Waals surface area contributed by atoms with Crippen molar-refractivity contribution >= 4 is 11.6 Å². The number of aliphatic hydroxyl groups excluding tert-OH is 1. The summed E-state index contributed by atoms with van der Waals surface area (Å²) < 4.78 is 12.9. The van der Waals surface area contributed by atoms with Crippen LogP contribution in [0.3, 0.4) is 0 Å². The van der Waals surface area contributed by atoms with E-state index in [1.807, 2.05) is 19.0 Å². The molecular formula is C10H13ClFNO. The standard InChI is InChI=1S/C10H13ClFNO/c1-13(2)6-10(14)7-3-8(11)5-9(12)4-7/h3-5,10,14H,6H2,1-2H3. The highest BCUT2D eigenvalue weighted by molar-refractivity contribution is 6.30. The van der Waals surface area contributed by atoms with Gasteiger partial charge in [-0.3, -0.25) is 0 Å². The fourth-order valence-corrected chi connectivity index (χ4v) is 1.45. The van der Waals surface area contributed by atoms with E-state index in [1.165, 1.54) is 12.1 Å². The van der Waals surface area contributed by atoms with Crippen LogP contribution in [0, 0.1) is 5.82 Å². The van der Waals surface area contributed by atoms with Gasteiger partial charge in [0.25, 0.3) is 0 Å². The summed E-state index contributed by atoms with van der Waals surface area (Å²) in [5.74, 6) is -0.426. The van der Waals surface area contributed by atoms with Gasteiger partial charge in [-0.05, 0) is 37.9 Å². The summed E-state index contributed by atoms with van der Waals surface area (Å²) in [6, 6.07) is 4.08. The van der Waals surface area contributed by atoms with E-state index >= 15 is 0 Å². The summed E-state index contributed by atoms with van der Waals surface area (Å²) in [6.07, 6.45) is -0.710. The van der Waals surface area contributed by atoms with Gasteiger partial charge in [-0.2, -0.15) is 0 Å². The predicted octanol–water partition coefficient (Wildman–Crippen LogP) is 2.07. The molecule has 14 heavy (non-hydrogen) atoms. The van der Waals surface area contributed by atoms with Crippen LogP contribution in [-0.2, 0) is 0 Å². The molecular weight excluding hydrogens is 205 g/mol. The number of nitrogens with zero attached hydrogens (tertiary/aromatic N) is 1. The normalized spacial score (nSPS) is 13.3. The van der Waals surface area contributed by atoms with Gasteiger partial charge in [0.1, 0.15) is 5.82 Å². The molecule has 0 spiro atoms. The smallest absolute Gasteiger partial charge is 0.125 e. The summed E-state index contributed by atoms with van der Waals surface area (Å²) in [7, 11) is 3.67. The van der Waals surface area contributed by atoms with Gasteiger partial charge in [0.15, 0.2) is 0 Å². The Kier molecular flexibility index (Phi) is 3.86. The van der Waals surface area contributed by atoms with E-state index in [0.717, 1.165) is 0 Å². The van der Waals surface area contributed by atoms with Crippen LogP contribution < -0.4 is 0 Å². The highest BCUT2D eigenvalue weighted by Gasteiger charge is 2.10. The van der Waals surface area contributed by atoms with Crippen molar-refractivity contribution in [3.05, 3.63) is 34.6 Å². The van der Waals surface area contributed by atoms with Crippen LogP contribution in [0.1, 0.15) is 11.7 Å². The Morgan fingerprint density at radius 2 is 2.07 bits per heavy atom. The van der Waals surface area contributed by atoms with Gasteiger partial charge in [-0.25, -0.2) is 4.39 Å². The molecule has 1 rings (SSSR count). The molecule has 0 saturated carbocycles. The van der Waals surface area contributed by atoms with Gasteiger partial charge in [-0.15, -0.1) is 0 Å². The van der Waals surface area contributed by atoms with Crippen LogP contribution in [0.4, 0.5) is 4.39 Å². The maximum atomic E-state index is 12.9. The van der Waals surface area contributed by atoms with Crippen LogP contribution in [0.5, 0.6) is 0 Å². The molecule has 1 aromatic carbocycles. The molecule has 1 atom stereocenters. The Morgan fingerprint density at radius 1 is 1.43 bits per heavy atom. The second kappa shape index (κ2) is 4.73. The lowest BCUT2D eigenvalue weighted by atomic mass is 10.1. The number of rotatable bonds is 3. The Balaban J connectivity index is 2.84. The average Bonchev–Trinajstić information content (AvgIpc) is 2.00. The Hall–Kier alpha value is -0.640. The molecule has 0 aromatic heterocycles. The predicted molar refractivity (Wildman–Crippen MR) is 54.9 cm³/mol. The summed E-state index contributed by atoms with van der Waals surface area (Å²) in [5.41, 5.74) is 0.503. The number of likely N-dealkylation sites (N-methyl/N-ethyl adjacent to an activating group) is 1. The van der Waals surface area contributed by atoms with Crippen molar-refractivity contribution in [3.63, 3.8) is 0 Å². The summed E-state index contributed by atoms with van der Waals surface area (Å²) in [6.45, 7) is 0.444. The van der Waals surface area contributed by atoms with E-state index in [1.54, 1.807) is 6.07 Å². The van der Waals surface area contributed by atoms with E-state index in [2.05, 4.69) is 0 Å². The number of aliphatic hydroxyl groups is 1. The largest absolute Gasteiger partial charge is 0.387 e. The Morgan fingerprint density at radius 3 is 2.57 bits per heavy atom. The van der Waals surface area contributed by atoms with Gasteiger partial charge >= 0.3 is 0 Å². The zero-order chi connectivity index (χ0) is 10.7. The molecule has 0 aliphatic rings. The van der Waals surface area contributed by atoms with Gasteiger partial charge in [-0.1, -0.05) is 11.6 Å². The molecule has 0 amide bonds. The minimum absolute atomic E-state index is 0.304. The lowest BCUT2D eigenvalue weighted by Crippen LogP contribution is -2.20. The van der Waals surface area contributed by atoms with E-state index < -0.39 is 11.9 Å². The molecule has 0 radical (unpaired) electrons.